The average molecular weight is 297 g/mol. The summed E-state index contributed by atoms with van der Waals surface area (Å²) in [6.45, 7) is 6.05. The standard InChI is InChI=1S/C15H23NO3S/c1-15(2,3)19-14(17)16-9-8-11-6-7-12(20-5)10-13(11)18-4/h6-7,10H,8-9H2,1-5H3,(H,16,17). The molecule has 0 fully saturated rings. The Balaban J connectivity index is 2.52. The summed E-state index contributed by atoms with van der Waals surface area (Å²) < 4.78 is 10.6. The summed E-state index contributed by atoms with van der Waals surface area (Å²) in [6, 6.07) is 6.09. The van der Waals surface area contributed by atoms with Crippen molar-refractivity contribution in [2.45, 2.75) is 37.7 Å². The van der Waals surface area contributed by atoms with Gasteiger partial charge in [0.1, 0.15) is 11.4 Å². The summed E-state index contributed by atoms with van der Waals surface area (Å²) in [5.74, 6) is 0.850. The maximum Gasteiger partial charge on any atom is 0.407 e. The van der Waals surface area contributed by atoms with E-state index in [1.54, 1.807) is 18.9 Å². The Bertz CT molecular complexity index is 455. The van der Waals surface area contributed by atoms with Crippen molar-refractivity contribution in [2.24, 2.45) is 0 Å². The molecule has 0 unspecified atom stereocenters. The van der Waals surface area contributed by atoms with Crippen molar-refractivity contribution < 1.29 is 14.3 Å². The molecule has 0 radical (unpaired) electrons. The van der Waals surface area contributed by atoms with Crippen molar-refractivity contribution in [1.82, 2.24) is 5.32 Å². The van der Waals surface area contributed by atoms with Gasteiger partial charge in [0.15, 0.2) is 0 Å². The highest BCUT2D eigenvalue weighted by Gasteiger charge is 2.15. The zero-order chi connectivity index (χ0) is 15.2. The van der Waals surface area contributed by atoms with Gasteiger partial charge in [0.25, 0.3) is 0 Å². The lowest BCUT2D eigenvalue weighted by Gasteiger charge is -2.19. The van der Waals surface area contributed by atoms with Crippen molar-refractivity contribution in [3.63, 3.8) is 0 Å². The van der Waals surface area contributed by atoms with Crippen LogP contribution in [0.3, 0.4) is 0 Å². The second kappa shape index (κ2) is 7.43. The van der Waals surface area contributed by atoms with Gasteiger partial charge in [-0.25, -0.2) is 4.79 Å². The summed E-state index contributed by atoms with van der Waals surface area (Å²) >= 11 is 1.67. The van der Waals surface area contributed by atoms with Crippen LogP contribution < -0.4 is 10.1 Å². The van der Waals surface area contributed by atoms with Crippen LogP contribution in [-0.2, 0) is 11.2 Å². The largest absolute Gasteiger partial charge is 0.496 e. The molecule has 0 aliphatic rings. The van der Waals surface area contributed by atoms with Crippen LogP contribution in [0, 0.1) is 0 Å². The molecule has 1 aromatic rings. The number of amides is 1. The Kier molecular flexibility index (Phi) is 6.20. The number of carbonyl (C=O) groups excluding carboxylic acids is 1. The van der Waals surface area contributed by atoms with Gasteiger partial charge in [0.2, 0.25) is 0 Å². The normalized spacial score (nSPS) is 11.1. The first-order valence-corrected chi connectivity index (χ1v) is 7.76. The third kappa shape index (κ3) is 5.74. The summed E-state index contributed by atoms with van der Waals surface area (Å²) in [4.78, 5) is 12.7. The first-order valence-electron chi connectivity index (χ1n) is 6.53. The molecule has 1 rings (SSSR count). The Labute approximate surface area is 125 Å². The Morgan fingerprint density at radius 1 is 1.35 bits per heavy atom. The predicted octanol–water partition coefficient (Wildman–Crippen LogP) is 3.48. The highest BCUT2D eigenvalue weighted by Crippen LogP contribution is 2.25. The van der Waals surface area contributed by atoms with Gasteiger partial charge in [-0.15, -0.1) is 11.8 Å². The zero-order valence-corrected chi connectivity index (χ0v) is 13.6. The second-order valence-electron chi connectivity index (χ2n) is 5.36. The highest BCUT2D eigenvalue weighted by atomic mass is 32.2. The molecule has 1 N–H and O–H groups in total. The van der Waals surface area contributed by atoms with Gasteiger partial charge < -0.3 is 14.8 Å². The summed E-state index contributed by atoms with van der Waals surface area (Å²) in [6.07, 6.45) is 2.34. The van der Waals surface area contributed by atoms with E-state index in [1.807, 2.05) is 39.2 Å². The maximum atomic E-state index is 11.5. The molecule has 0 heterocycles. The van der Waals surface area contributed by atoms with E-state index in [0.717, 1.165) is 16.2 Å². The van der Waals surface area contributed by atoms with Crippen LogP contribution in [0.2, 0.25) is 0 Å². The van der Waals surface area contributed by atoms with Crippen LogP contribution in [0.15, 0.2) is 23.1 Å². The lowest BCUT2D eigenvalue weighted by molar-refractivity contribution is 0.0528. The zero-order valence-electron chi connectivity index (χ0n) is 12.8. The van der Waals surface area contributed by atoms with E-state index in [0.29, 0.717) is 13.0 Å². The van der Waals surface area contributed by atoms with Crippen molar-refractivity contribution >= 4 is 17.9 Å². The summed E-state index contributed by atoms with van der Waals surface area (Å²) in [7, 11) is 1.66. The number of hydrogen-bond acceptors (Lipinski definition) is 4. The third-order valence-electron chi connectivity index (χ3n) is 2.56. The van der Waals surface area contributed by atoms with E-state index >= 15 is 0 Å². The first kappa shape index (κ1) is 16.7. The molecule has 0 aromatic heterocycles. The van der Waals surface area contributed by atoms with E-state index in [1.165, 1.54) is 0 Å². The van der Waals surface area contributed by atoms with Crippen LogP contribution in [0.5, 0.6) is 5.75 Å². The molecule has 0 saturated heterocycles. The number of rotatable bonds is 5. The number of alkyl carbamates (subject to hydrolysis) is 1. The predicted molar refractivity (Wildman–Crippen MR) is 82.7 cm³/mol. The van der Waals surface area contributed by atoms with E-state index in [2.05, 4.69) is 11.4 Å². The quantitative estimate of drug-likeness (QED) is 0.845. The van der Waals surface area contributed by atoms with Crippen LogP contribution in [0.4, 0.5) is 4.79 Å². The van der Waals surface area contributed by atoms with Gasteiger partial charge in [-0.1, -0.05) is 6.07 Å². The Morgan fingerprint density at radius 2 is 2.05 bits per heavy atom. The number of nitrogens with one attached hydrogen (secondary N) is 1. The average Bonchev–Trinajstić information content (AvgIpc) is 2.36. The van der Waals surface area contributed by atoms with Gasteiger partial charge in [-0.2, -0.15) is 0 Å². The van der Waals surface area contributed by atoms with Crippen LogP contribution in [0.25, 0.3) is 0 Å². The van der Waals surface area contributed by atoms with Gasteiger partial charge in [-0.05, 0) is 51.1 Å². The fraction of sp³-hybridized carbons (Fsp3) is 0.533. The maximum absolute atomic E-state index is 11.5. The minimum absolute atomic E-state index is 0.391. The number of methoxy groups -OCH3 is 1. The minimum atomic E-state index is -0.470. The minimum Gasteiger partial charge on any atom is -0.496 e. The molecule has 112 valence electrons. The number of benzene rings is 1. The Hall–Kier alpha value is -1.36. The van der Waals surface area contributed by atoms with E-state index < -0.39 is 11.7 Å². The van der Waals surface area contributed by atoms with Crippen molar-refractivity contribution in [1.29, 1.82) is 0 Å². The Morgan fingerprint density at radius 3 is 2.60 bits per heavy atom. The highest BCUT2D eigenvalue weighted by molar-refractivity contribution is 7.98. The number of carbonyl (C=O) groups is 1. The molecular weight excluding hydrogens is 274 g/mol. The molecule has 0 saturated carbocycles. The lowest BCUT2D eigenvalue weighted by atomic mass is 10.1. The van der Waals surface area contributed by atoms with Gasteiger partial charge >= 0.3 is 6.09 Å². The van der Waals surface area contributed by atoms with Crippen LogP contribution >= 0.6 is 11.8 Å². The van der Waals surface area contributed by atoms with Gasteiger partial charge in [0.05, 0.1) is 7.11 Å². The number of ether oxygens (including phenoxy) is 2. The molecule has 0 bridgehead atoms. The van der Waals surface area contributed by atoms with Crippen molar-refractivity contribution in [2.75, 3.05) is 19.9 Å². The number of hydrogen-bond donors (Lipinski definition) is 1. The monoisotopic (exact) mass is 297 g/mol. The van der Waals surface area contributed by atoms with E-state index in [9.17, 15) is 4.79 Å². The van der Waals surface area contributed by atoms with Crippen molar-refractivity contribution in [3.05, 3.63) is 23.8 Å². The molecular formula is C15H23NO3S. The molecule has 1 aromatic carbocycles. The fourth-order valence-corrected chi connectivity index (χ4v) is 2.10. The fourth-order valence-electron chi connectivity index (χ4n) is 1.67. The van der Waals surface area contributed by atoms with Crippen LogP contribution in [-0.4, -0.2) is 31.6 Å². The molecule has 1 amide bonds. The molecule has 0 aliphatic carbocycles. The van der Waals surface area contributed by atoms with Gasteiger partial charge in [-0.3, -0.25) is 0 Å². The van der Waals surface area contributed by atoms with Crippen molar-refractivity contribution in [3.8, 4) is 5.75 Å². The molecule has 0 spiro atoms. The molecule has 0 aliphatic heterocycles. The van der Waals surface area contributed by atoms with Crippen LogP contribution in [0.1, 0.15) is 26.3 Å². The molecule has 5 heteroatoms. The van der Waals surface area contributed by atoms with E-state index in [-0.39, 0.29) is 0 Å². The smallest absolute Gasteiger partial charge is 0.407 e. The lowest BCUT2D eigenvalue weighted by Crippen LogP contribution is -2.33. The molecule has 4 nitrogen and oxygen atoms in total. The summed E-state index contributed by atoms with van der Waals surface area (Å²) in [5, 5.41) is 2.75. The first-order chi connectivity index (χ1) is 9.35. The second-order valence-corrected chi connectivity index (χ2v) is 6.24. The van der Waals surface area contributed by atoms with Gasteiger partial charge in [0, 0.05) is 11.4 Å². The molecule has 20 heavy (non-hydrogen) atoms. The SMILES string of the molecule is COc1cc(SC)ccc1CCNC(=O)OC(C)(C)C. The summed E-state index contributed by atoms with van der Waals surface area (Å²) in [5.41, 5.74) is 0.600. The molecule has 0 atom stereocenters. The number of thioether (sulfide) groups is 1. The topological polar surface area (TPSA) is 47.6 Å². The third-order valence-corrected chi connectivity index (χ3v) is 3.28. The van der Waals surface area contributed by atoms with E-state index in [4.69, 9.17) is 9.47 Å².